The summed E-state index contributed by atoms with van der Waals surface area (Å²) in [6.07, 6.45) is 2.63. The third-order valence-electron chi connectivity index (χ3n) is 2.22. The van der Waals surface area contributed by atoms with Crippen LogP contribution in [0.3, 0.4) is 0 Å². The van der Waals surface area contributed by atoms with Gasteiger partial charge in [-0.15, -0.1) is 5.10 Å². The van der Waals surface area contributed by atoms with Gasteiger partial charge in [0.15, 0.2) is 5.82 Å². The van der Waals surface area contributed by atoms with E-state index in [0.717, 1.165) is 18.7 Å². The summed E-state index contributed by atoms with van der Waals surface area (Å²) in [5.41, 5.74) is 0.869. The highest BCUT2D eigenvalue weighted by molar-refractivity contribution is 6.30. The van der Waals surface area contributed by atoms with Crippen LogP contribution < -0.4 is 10.6 Å². The predicted molar refractivity (Wildman–Crippen MR) is 73.3 cm³/mol. The summed E-state index contributed by atoms with van der Waals surface area (Å²) in [7, 11) is 0. The summed E-state index contributed by atoms with van der Waals surface area (Å²) in [6, 6.07) is 7.32. The normalized spacial score (nSPS) is 10.1. The van der Waals surface area contributed by atoms with Gasteiger partial charge in [0.25, 0.3) is 0 Å². The molecule has 0 radical (unpaired) electrons. The molecule has 0 aliphatic carbocycles. The van der Waals surface area contributed by atoms with Crippen molar-refractivity contribution in [1.82, 2.24) is 15.2 Å². The molecular formula is C12H14ClN5. The molecule has 2 aromatic rings. The molecule has 0 unspecified atom stereocenters. The molecule has 2 N–H and O–H groups in total. The zero-order valence-corrected chi connectivity index (χ0v) is 10.8. The van der Waals surface area contributed by atoms with Gasteiger partial charge in [-0.1, -0.05) is 18.5 Å². The molecule has 0 saturated carbocycles. The lowest BCUT2D eigenvalue weighted by molar-refractivity contribution is 0.935. The Hall–Kier alpha value is -1.88. The summed E-state index contributed by atoms with van der Waals surface area (Å²) in [5, 5.41) is 14.7. The Kier molecular flexibility index (Phi) is 4.30. The van der Waals surface area contributed by atoms with Crippen LogP contribution in [0.4, 0.5) is 17.5 Å². The molecule has 0 fully saturated rings. The molecule has 1 heterocycles. The van der Waals surface area contributed by atoms with Crippen molar-refractivity contribution in [2.75, 3.05) is 17.2 Å². The van der Waals surface area contributed by atoms with Crippen molar-refractivity contribution < 1.29 is 0 Å². The van der Waals surface area contributed by atoms with Crippen molar-refractivity contribution in [2.24, 2.45) is 0 Å². The molecule has 0 spiro atoms. The van der Waals surface area contributed by atoms with Crippen molar-refractivity contribution in [3.8, 4) is 0 Å². The topological polar surface area (TPSA) is 62.7 Å². The highest BCUT2D eigenvalue weighted by atomic mass is 35.5. The molecule has 1 aromatic carbocycles. The van der Waals surface area contributed by atoms with Crippen LogP contribution in [0.25, 0.3) is 0 Å². The van der Waals surface area contributed by atoms with E-state index < -0.39 is 0 Å². The third-order valence-corrected chi connectivity index (χ3v) is 2.47. The Bertz CT molecular complexity index is 500. The highest BCUT2D eigenvalue weighted by Gasteiger charge is 2.00. The Labute approximate surface area is 111 Å². The largest absolute Gasteiger partial charge is 0.369 e. The Morgan fingerprint density at radius 3 is 2.72 bits per heavy atom. The first-order chi connectivity index (χ1) is 8.78. The first kappa shape index (κ1) is 12.6. The Morgan fingerprint density at radius 1 is 1.22 bits per heavy atom. The smallest absolute Gasteiger partial charge is 0.249 e. The van der Waals surface area contributed by atoms with Crippen LogP contribution in [0.2, 0.25) is 5.02 Å². The van der Waals surface area contributed by atoms with Crippen LogP contribution in [0.5, 0.6) is 0 Å². The minimum atomic E-state index is 0.457. The number of halogens is 1. The Morgan fingerprint density at radius 2 is 2.00 bits per heavy atom. The molecule has 1 aromatic heterocycles. The fourth-order valence-electron chi connectivity index (χ4n) is 1.36. The fourth-order valence-corrected chi connectivity index (χ4v) is 1.48. The van der Waals surface area contributed by atoms with E-state index >= 15 is 0 Å². The molecule has 0 saturated heterocycles. The van der Waals surface area contributed by atoms with Gasteiger partial charge in [0.1, 0.15) is 0 Å². The number of hydrogen-bond donors (Lipinski definition) is 2. The zero-order valence-electron chi connectivity index (χ0n) is 10.0. The molecule has 0 amide bonds. The minimum Gasteiger partial charge on any atom is -0.369 e. The van der Waals surface area contributed by atoms with Gasteiger partial charge in [0, 0.05) is 17.3 Å². The Balaban J connectivity index is 2.06. The minimum absolute atomic E-state index is 0.457. The summed E-state index contributed by atoms with van der Waals surface area (Å²) in [5.74, 6) is 1.17. The lowest BCUT2D eigenvalue weighted by Crippen LogP contribution is -2.06. The number of anilines is 3. The van der Waals surface area contributed by atoms with Gasteiger partial charge in [-0.25, -0.2) is 0 Å². The van der Waals surface area contributed by atoms with Crippen molar-refractivity contribution in [3.05, 3.63) is 35.5 Å². The number of hydrogen-bond acceptors (Lipinski definition) is 5. The van der Waals surface area contributed by atoms with Crippen LogP contribution in [-0.4, -0.2) is 21.7 Å². The first-order valence-corrected chi connectivity index (χ1v) is 6.12. The standard InChI is InChI=1S/C12H14ClN5/c1-2-7-14-11-8-15-18-12(17-11)16-10-5-3-9(13)4-6-10/h3-6,8H,2,7H2,1H3,(H2,14,16,17,18). The van der Waals surface area contributed by atoms with Gasteiger partial charge in [-0.2, -0.15) is 10.1 Å². The van der Waals surface area contributed by atoms with Crippen LogP contribution >= 0.6 is 11.6 Å². The summed E-state index contributed by atoms with van der Waals surface area (Å²) >= 11 is 5.82. The third kappa shape index (κ3) is 3.56. The maximum atomic E-state index is 5.82. The van der Waals surface area contributed by atoms with Gasteiger partial charge in [-0.05, 0) is 30.7 Å². The second-order valence-electron chi connectivity index (χ2n) is 3.72. The molecule has 6 heteroatoms. The van der Waals surface area contributed by atoms with Crippen LogP contribution in [-0.2, 0) is 0 Å². The maximum absolute atomic E-state index is 5.82. The molecule has 0 aliphatic heterocycles. The first-order valence-electron chi connectivity index (χ1n) is 5.74. The lowest BCUT2D eigenvalue weighted by atomic mass is 10.3. The molecular weight excluding hydrogens is 250 g/mol. The number of rotatable bonds is 5. The number of benzene rings is 1. The average molecular weight is 264 g/mol. The monoisotopic (exact) mass is 263 g/mol. The van der Waals surface area contributed by atoms with E-state index in [1.165, 1.54) is 0 Å². The second kappa shape index (κ2) is 6.16. The van der Waals surface area contributed by atoms with E-state index in [4.69, 9.17) is 11.6 Å². The van der Waals surface area contributed by atoms with E-state index in [9.17, 15) is 0 Å². The van der Waals surface area contributed by atoms with E-state index in [0.29, 0.717) is 16.8 Å². The maximum Gasteiger partial charge on any atom is 0.249 e. The van der Waals surface area contributed by atoms with Gasteiger partial charge in [0.05, 0.1) is 6.20 Å². The zero-order chi connectivity index (χ0) is 12.8. The highest BCUT2D eigenvalue weighted by Crippen LogP contribution is 2.16. The van der Waals surface area contributed by atoms with E-state index in [2.05, 4.69) is 32.7 Å². The molecule has 2 rings (SSSR count). The molecule has 94 valence electrons. The van der Waals surface area contributed by atoms with Crippen molar-refractivity contribution in [3.63, 3.8) is 0 Å². The lowest BCUT2D eigenvalue weighted by Gasteiger charge is -2.06. The second-order valence-corrected chi connectivity index (χ2v) is 4.16. The fraction of sp³-hybridized carbons (Fsp3) is 0.250. The van der Waals surface area contributed by atoms with Crippen molar-refractivity contribution >= 4 is 29.1 Å². The molecule has 0 bridgehead atoms. The summed E-state index contributed by atoms with van der Waals surface area (Å²) < 4.78 is 0. The number of nitrogens with one attached hydrogen (secondary N) is 2. The molecule has 0 atom stereocenters. The quantitative estimate of drug-likeness (QED) is 0.868. The van der Waals surface area contributed by atoms with Crippen LogP contribution in [0.1, 0.15) is 13.3 Å². The molecule has 5 nitrogen and oxygen atoms in total. The van der Waals surface area contributed by atoms with Gasteiger partial charge < -0.3 is 10.6 Å². The van der Waals surface area contributed by atoms with E-state index in [1.54, 1.807) is 18.3 Å². The SMILES string of the molecule is CCCNc1cnnc(Nc2ccc(Cl)cc2)n1. The summed E-state index contributed by atoms with van der Waals surface area (Å²) in [6.45, 7) is 2.95. The predicted octanol–water partition coefficient (Wildman–Crippen LogP) is 3.09. The number of aromatic nitrogens is 3. The van der Waals surface area contributed by atoms with E-state index in [-0.39, 0.29) is 0 Å². The van der Waals surface area contributed by atoms with Crippen molar-refractivity contribution in [1.29, 1.82) is 0 Å². The average Bonchev–Trinajstić information content (AvgIpc) is 2.40. The molecule has 18 heavy (non-hydrogen) atoms. The van der Waals surface area contributed by atoms with Crippen LogP contribution in [0, 0.1) is 0 Å². The van der Waals surface area contributed by atoms with Gasteiger partial charge in [-0.3, -0.25) is 0 Å². The summed E-state index contributed by atoms with van der Waals surface area (Å²) in [4.78, 5) is 4.30. The van der Waals surface area contributed by atoms with E-state index in [1.807, 2.05) is 12.1 Å². The van der Waals surface area contributed by atoms with Crippen molar-refractivity contribution in [2.45, 2.75) is 13.3 Å². The van der Waals surface area contributed by atoms with Crippen LogP contribution in [0.15, 0.2) is 30.5 Å². The van der Waals surface area contributed by atoms with Gasteiger partial charge >= 0.3 is 0 Å². The van der Waals surface area contributed by atoms with Gasteiger partial charge in [0.2, 0.25) is 5.95 Å². The number of nitrogens with zero attached hydrogens (tertiary/aromatic N) is 3. The molecule has 0 aliphatic rings.